The van der Waals surface area contributed by atoms with Gasteiger partial charge < -0.3 is 9.30 Å². The molecule has 1 aromatic heterocycles. The van der Waals surface area contributed by atoms with Gasteiger partial charge in [0.2, 0.25) is 0 Å². The van der Waals surface area contributed by atoms with Crippen LogP contribution in [0.3, 0.4) is 0 Å². The summed E-state index contributed by atoms with van der Waals surface area (Å²) in [6, 6.07) is 3.79. The molecule has 0 radical (unpaired) electrons. The second-order valence-electron chi connectivity index (χ2n) is 4.40. The number of carbonyl (C=O) groups is 1. The van der Waals surface area contributed by atoms with Crippen molar-refractivity contribution in [1.82, 2.24) is 9.55 Å². The number of rotatable bonds is 5. The molecule has 0 N–H and O–H groups in total. The molecular weight excluding hydrogens is 283 g/mol. The van der Waals surface area contributed by atoms with Crippen molar-refractivity contribution in [2.75, 3.05) is 12.5 Å². The first kappa shape index (κ1) is 14.8. The van der Waals surface area contributed by atoms with E-state index in [0.717, 1.165) is 0 Å². The average Bonchev–Trinajstić information content (AvgIpc) is 2.75. The van der Waals surface area contributed by atoms with Crippen molar-refractivity contribution >= 4 is 28.6 Å². The fraction of sp³-hybridized carbons (Fsp3) is 0.429. The van der Waals surface area contributed by atoms with E-state index in [1.807, 2.05) is 0 Å². The number of hydrogen-bond acceptors (Lipinski definition) is 3. The number of alkyl halides is 1. The predicted molar refractivity (Wildman–Crippen MR) is 75.5 cm³/mol. The van der Waals surface area contributed by atoms with E-state index in [1.165, 1.54) is 12.1 Å². The molecule has 20 heavy (non-hydrogen) atoms. The molecule has 0 saturated carbocycles. The zero-order valence-corrected chi connectivity index (χ0v) is 12.2. The molecule has 0 spiro atoms. The third kappa shape index (κ3) is 2.77. The minimum absolute atomic E-state index is 0.315. The number of aromatic nitrogens is 2. The van der Waals surface area contributed by atoms with Crippen molar-refractivity contribution in [3.05, 3.63) is 29.8 Å². The zero-order chi connectivity index (χ0) is 14.7. The molecule has 6 heteroatoms. The van der Waals surface area contributed by atoms with E-state index in [-0.39, 0.29) is 11.8 Å². The summed E-state index contributed by atoms with van der Waals surface area (Å²) in [6.45, 7) is 3.81. The van der Waals surface area contributed by atoms with Gasteiger partial charge in [-0.1, -0.05) is 0 Å². The van der Waals surface area contributed by atoms with E-state index < -0.39 is 6.04 Å². The van der Waals surface area contributed by atoms with E-state index in [9.17, 15) is 9.18 Å². The zero-order valence-electron chi connectivity index (χ0n) is 11.4. The average molecular weight is 299 g/mol. The van der Waals surface area contributed by atoms with Crippen molar-refractivity contribution in [2.24, 2.45) is 0 Å². The quantitative estimate of drug-likeness (QED) is 0.629. The molecule has 1 aromatic carbocycles. The summed E-state index contributed by atoms with van der Waals surface area (Å²) in [7, 11) is 0. The smallest absolute Gasteiger partial charge is 0.328 e. The Kier molecular flexibility index (Phi) is 4.60. The second kappa shape index (κ2) is 6.22. The molecule has 2 aromatic rings. The minimum atomic E-state index is -0.524. The Hall–Kier alpha value is -1.62. The van der Waals surface area contributed by atoms with Gasteiger partial charge in [-0.15, -0.1) is 11.6 Å². The summed E-state index contributed by atoms with van der Waals surface area (Å²) < 4.78 is 20.1. The van der Waals surface area contributed by atoms with Gasteiger partial charge in [-0.3, -0.25) is 0 Å². The molecule has 0 bridgehead atoms. The molecule has 0 fully saturated rings. The molecule has 0 aliphatic carbocycles. The molecule has 108 valence electrons. The number of imidazole rings is 1. The maximum atomic E-state index is 13.3. The highest BCUT2D eigenvalue weighted by Crippen LogP contribution is 2.23. The lowest BCUT2D eigenvalue weighted by Crippen LogP contribution is -2.21. The van der Waals surface area contributed by atoms with Crippen LogP contribution >= 0.6 is 11.6 Å². The van der Waals surface area contributed by atoms with Crippen LogP contribution in [0.2, 0.25) is 0 Å². The van der Waals surface area contributed by atoms with Gasteiger partial charge in [-0.25, -0.2) is 14.2 Å². The lowest BCUT2D eigenvalue weighted by Gasteiger charge is -2.15. The van der Waals surface area contributed by atoms with Gasteiger partial charge in [0.1, 0.15) is 17.7 Å². The Balaban J connectivity index is 2.53. The van der Waals surface area contributed by atoms with Crippen molar-refractivity contribution in [3.63, 3.8) is 0 Å². The monoisotopic (exact) mass is 298 g/mol. The third-order valence-electron chi connectivity index (χ3n) is 3.06. The van der Waals surface area contributed by atoms with Gasteiger partial charge in [0.25, 0.3) is 0 Å². The molecule has 1 unspecified atom stereocenters. The SMILES string of the molecule is CCOC(=O)C(C)n1c(CCCl)nc2cc(F)ccc21. The summed E-state index contributed by atoms with van der Waals surface area (Å²) in [5.74, 6) is 0.331. The summed E-state index contributed by atoms with van der Waals surface area (Å²) in [5, 5.41) is 0. The number of ether oxygens (including phenoxy) is 1. The van der Waals surface area contributed by atoms with Crippen molar-refractivity contribution in [3.8, 4) is 0 Å². The van der Waals surface area contributed by atoms with E-state index in [2.05, 4.69) is 4.98 Å². The molecule has 0 aliphatic rings. The van der Waals surface area contributed by atoms with Crippen molar-refractivity contribution in [2.45, 2.75) is 26.3 Å². The number of hydrogen-bond donors (Lipinski definition) is 0. The van der Waals surface area contributed by atoms with E-state index in [4.69, 9.17) is 16.3 Å². The van der Waals surface area contributed by atoms with Crippen LogP contribution in [0.4, 0.5) is 4.39 Å². The van der Waals surface area contributed by atoms with E-state index >= 15 is 0 Å². The third-order valence-corrected chi connectivity index (χ3v) is 3.25. The van der Waals surface area contributed by atoms with Gasteiger partial charge in [0, 0.05) is 18.4 Å². The minimum Gasteiger partial charge on any atom is -0.464 e. The number of benzene rings is 1. The van der Waals surface area contributed by atoms with Crippen molar-refractivity contribution < 1.29 is 13.9 Å². The Morgan fingerprint density at radius 3 is 2.95 bits per heavy atom. The van der Waals surface area contributed by atoms with Crippen LogP contribution in [0, 0.1) is 5.82 Å². The molecular formula is C14H16ClFN2O2. The Labute approximate surface area is 121 Å². The highest BCUT2D eigenvalue weighted by atomic mass is 35.5. The maximum Gasteiger partial charge on any atom is 0.328 e. The molecule has 0 saturated heterocycles. The summed E-state index contributed by atoms with van der Waals surface area (Å²) >= 11 is 5.77. The van der Waals surface area contributed by atoms with Crippen LogP contribution < -0.4 is 0 Å². The molecule has 1 atom stereocenters. The van der Waals surface area contributed by atoms with Crippen LogP contribution in [0.15, 0.2) is 18.2 Å². The van der Waals surface area contributed by atoms with Crippen LogP contribution in [0.5, 0.6) is 0 Å². The fourth-order valence-corrected chi connectivity index (χ4v) is 2.35. The normalized spacial score (nSPS) is 12.6. The Morgan fingerprint density at radius 2 is 2.30 bits per heavy atom. The first-order chi connectivity index (χ1) is 9.58. The summed E-state index contributed by atoms with van der Waals surface area (Å²) in [6.07, 6.45) is 0.502. The highest BCUT2D eigenvalue weighted by Gasteiger charge is 2.22. The molecule has 2 rings (SSSR count). The molecule has 0 amide bonds. The van der Waals surface area contributed by atoms with Gasteiger partial charge in [-0.2, -0.15) is 0 Å². The number of fused-ring (bicyclic) bond motifs is 1. The topological polar surface area (TPSA) is 44.1 Å². The first-order valence-electron chi connectivity index (χ1n) is 6.47. The van der Waals surface area contributed by atoms with E-state index in [0.29, 0.717) is 35.8 Å². The predicted octanol–water partition coefficient (Wildman–Crippen LogP) is 3.08. The number of aryl methyl sites for hydroxylation is 1. The molecule has 4 nitrogen and oxygen atoms in total. The van der Waals surface area contributed by atoms with Crippen LogP contribution in [0.25, 0.3) is 11.0 Å². The number of esters is 1. The maximum absolute atomic E-state index is 13.3. The number of carbonyl (C=O) groups excluding carboxylic acids is 1. The number of halogens is 2. The largest absolute Gasteiger partial charge is 0.464 e. The van der Waals surface area contributed by atoms with Gasteiger partial charge in [-0.05, 0) is 26.0 Å². The van der Waals surface area contributed by atoms with Gasteiger partial charge in [0.15, 0.2) is 0 Å². The lowest BCUT2D eigenvalue weighted by molar-refractivity contribution is -0.146. The van der Waals surface area contributed by atoms with Crippen LogP contribution in [-0.4, -0.2) is 28.0 Å². The highest BCUT2D eigenvalue weighted by molar-refractivity contribution is 6.17. The van der Waals surface area contributed by atoms with Gasteiger partial charge >= 0.3 is 5.97 Å². The Morgan fingerprint density at radius 1 is 1.55 bits per heavy atom. The standard InChI is InChI=1S/C14H16ClFN2O2/c1-3-20-14(19)9(2)18-12-5-4-10(16)8-11(12)17-13(18)6-7-15/h4-5,8-9H,3,6-7H2,1-2H3. The van der Waals surface area contributed by atoms with E-state index in [1.54, 1.807) is 24.5 Å². The van der Waals surface area contributed by atoms with Crippen LogP contribution in [-0.2, 0) is 16.0 Å². The Bertz CT molecular complexity index is 627. The second-order valence-corrected chi connectivity index (χ2v) is 4.78. The lowest BCUT2D eigenvalue weighted by atomic mass is 10.2. The first-order valence-corrected chi connectivity index (χ1v) is 7.01. The summed E-state index contributed by atoms with van der Waals surface area (Å²) in [4.78, 5) is 16.3. The van der Waals surface area contributed by atoms with Gasteiger partial charge in [0.05, 0.1) is 17.6 Å². The molecule has 0 aliphatic heterocycles. The molecule has 1 heterocycles. The summed E-state index contributed by atoms with van der Waals surface area (Å²) in [5.41, 5.74) is 1.22. The van der Waals surface area contributed by atoms with Crippen LogP contribution in [0.1, 0.15) is 25.7 Å². The number of nitrogens with zero attached hydrogens (tertiary/aromatic N) is 2. The van der Waals surface area contributed by atoms with Crippen molar-refractivity contribution in [1.29, 1.82) is 0 Å². The fourth-order valence-electron chi connectivity index (χ4n) is 2.18.